The number of aliphatic hydroxyl groups excluding tert-OH is 8. The van der Waals surface area contributed by atoms with E-state index >= 15 is 0 Å². The minimum Gasteiger partial charge on any atom is -0.394 e. The highest BCUT2D eigenvalue weighted by Crippen LogP contribution is 2.30. The summed E-state index contributed by atoms with van der Waals surface area (Å²) in [5.74, 6) is -0.241. The van der Waals surface area contributed by atoms with Gasteiger partial charge < -0.3 is 65.1 Å². The van der Waals surface area contributed by atoms with E-state index in [0.29, 0.717) is 6.42 Å². The van der Waals surface area contributed by atoms with Crippen molar-refractivity contribution in [2.24, 2.45) is 0 Å². The Morgan fingerprint density at radius 3 is 1.25 bits per heavy atom. The molecular formula is C67H123NO13. The largest absolute Gasteiger partial charge is 0.394 e. The van der Waals surface area contributed by atoms with Crippen molar-refractivity contribution in [3.63, 3.8) is 0 Å². The summed E-state index contributed by atoms with van der Waals surface area (Å²) in [6.45, 7) is 2.81. The van der Waals surface area contributed by atoms with E-state index in [9.17, 15) is 45.6 Å². The van der Waals surface area contributed by atoms with Gasteiger partial charge in [-0.1, -0.05) is 262 Å². The standard InChI is InChI=1S/C67H123NO13/c1-3-5-7-9-11-13-15-17-19-21-23-25-27-28-29-31-33-35-37-39-41-43-45-47-49-51-59(72)68-55(54-78-66-64(77)62(75)65(58(53-70)80-66)81-67-63(76)61(74)60(73)57(52-69)79-67)56(71)50-48-46-44-42-40-38-36-34-32-30-26-24-22-20-18-16-14-12-10-8-6-4-2/h15,17,21,23,27-28,48,50,55-58,60-67,69-71,73-77H,3-14,16,18-20,22,24-26,29-47,49,51-54H2,1-2H3,(H,68,72)/b17-15-,23-21-,28-27-,50-48+. The zero-order chi connectivity index (χ0) is 58.8. The Labute approximate surface area is 493 Å². The van der Waals surface area contributed by atoms with Gasteiger partial charge >= 0.3 is 0 Å². The average Bonchev–Trinajstić information content (AvgIpc) is 3.47. The average molecular weight is 1150 g/mol. The maximum atomic E-state index is 13.3. The van der Waals surface area contributed by atoms with Crippen molar-refractivity contribution in [2.75, 3.05) is 19.8 Å². The van der Waals surface area contributed by atoms with Gasteiger partial charge in [0, 0.05) is 6.42 Å². The first-order valence-electron chi connectivity index (χ1n) is 33.4. The third-order valence-electron chi connectivity index (χ3n) is 16.3. The second kappa shape index (κ2) is 52.3. The molecule has 0 saturated carbocycles. The zero-order valence-corrected chi connectivity index (χ0v) is 51.3. The van der Waals surface area contributed by atoms with Gasteiger partial charge in [0.25, 0.3) is 0 Å². The van der Waals surface area contributed by atoms with Crippen LogP contribution in [0.15, 0.2) is 48.6 Å². The summed E-state index contributed by atoms with van der Waals surface area (Å²) < 4.78 is 22.8. The molecule has 2 aliphatic rings. The molecule has 2 aliphatic heterocycles. The van der Waals surface area contributed by atoms with Crippen LogP contribution in [-0.2, 0) is 23.7 Å². The summed E-state index contributed by atoms with van der Waals surface area (Å²) in [5.41, 5.74) is 0. The lowest BCUT2D eigenvalue weighted by atomic mass is 9.97. The van der Waals surface area contributed by atoms with Crippen LogP contribution in [-0.4, -0.2) is 140 Å². The predicted octanol–water partition coefficient (Wildman–Crippen LogP) is 12.7. The summed E-state index contributed by atoms with van der Waals surface area (Å²) in [4.78, 5) is 13.3. The smallest absolute Gasteiger partial charge is 0.220 e. The van der Waals surface area contributed by atoms with Gasteiger partial charge in [0.15, 0.2) is 12.6 Å². The van der Waals surface area contributed by atoms with Crippen LogP contribution in [0.2, 0.25) is 0 Å². The third kappa shape index (κ3) is 37.2. The number of amides is 1. The Morgan fingerprint density at radius 1 is 0.444 bits per heavy atom. The van der Waals surface area contributed by atoms with E-state index in [1.807, 2.05) is 6.08 Å². The molecule has 2 rings (SSSR count). The number of rotatable bonds is 54. The molecule has 9 N–H and O–H groups in total. The van der Waals surface area contributed by atoms with Gasteiger partial charge in [-0.05, 0) is 57.8 Å². The van der Waals surface area contributed by atoms with Gasteiger partial charge in [0.1, 0.15) is 48.8 Å². The topological polar surface area (TPSA) is 228 Å². The van der Waals surface area contributed by atoms with Crippen LogP contribution in [0.25, 0.3) is 0 Å². The lowest BCUT2D eigenvalue weighted by Crippen LogP contribution is -2.65. The van der Waals surface area contributed by atoms with Crippen LogP contribution >= 0.6 is 0 Å². The quantitative estimate of drug-likeness (QED) is 0.0204. The monoisotopic (exact) mass is 1150 g/mol. The fraction of sp³-hybridized carbons (Fsp3) is 0.866. The number of unbranched alkanes of at least 4 members (excludes halogenated alkanes) is 35. The molecule has 14 nitrogen and oxygen atoms in total. The molecule has 0 aromatic rings. The Hall–Kier alpha value is -2.05. The molecule has 0 aromatic heterocycles. The normalized spacial score (nSPS) is 24.4. The van der Waals surface area contributed by atoms with Gasteiger partial charge in [-0.2, -0.15) is 0 Å². The van der Waals surface area contributed by atoms with Gasteiger partial charge in [-0.25, -0.2) is 0 Å². The zero-order valence-electron chi connectivity index (χ0n) is 51.3. The number of nitrogens with one attached hydrogen (secondary N) is 1. The highest BCUT2D eigenvalue weighted by molar-refractivity contribution is 5.76. The number of carbonyl (C=O) groups is 1. The molecule has 14 heteroatoms. The first kappa shape index (κ1) is 75.0. The van der Waals surface area contributed by atoms with Crippen LogP contribution in [0.5, 0.6) is 0 Å². The summed E-state index contributed by atoms with van der Waals surface area (Å²) in [6.07, 6.45) is 50.0. The Kier molecular flexibility index (Phi) is 48.5. The van der Waals surface area contributed by atoms with Crippen molar-refractivity contribution < 1.29 is 64.6 Å². The first-order chi connectivity index (χ1) is 39.6. The third-order valence-corrected chi connectivity index (χ3v) is 16.3. The second-order valence-corrected chi connectivity index (χ2v) is 23.6. The molecule has 12 unspecified atom stereocenters. The van der Waals surface area contributed by atoms with Crippen LogP contribution in [0.3, 0.4) is 0 Å². The molecule has 81 heavy (non-hydrogen) atoms. The highest BCUT2D eigenvalue weighted by atomic mass is 16.7. The summed E-state index contributed by atoms with van der Waals surface area (Å²) in [6, 6.07) is -0.919. The highest BCUT2D eigenvalue weighted by Gasteiger charge is 2.51. The van der Waals surface area contributed by atoms with Crippen molar-refractivity contribution >= 4 is 5.91 Å². The lowest BCUT2D eigenvalue weighted by molar-refractivity contribution is -0.359. The number of aliphatic hydroxyl groups is 8. The van der Waals surface area contributed by atoms with Crippen molar-refractivity contribution in [2.45, 2.75) is 351 Å². The number of allylic oxidation sites excluding steroid dienone is 7. The first-order valence-corrected chi connectivity index (χ1v) is 33.4. The number of ether oxygens (including phenoxy) is 4. The summed E-state index contributed by atoms with van der Waals surface area (Å²) in [7, 11) is 0. The van der Waals surface area contributed by atoms with E-state index in [1.54, 1.807) is 6.08 Å². The molecule has 2 heterocycles. The Bertz CT molecular complexity index is 1540. The molecule has 12 atom stereocenters. The fourth-order valence-corrected chi connectivity index (χ4v) is 10.9. The SMILES string of the molecule is CCCCCCC/C=C\C/C=C\C/C=C\CCCCCCCCCCCCC(=O)NC(COC1OC(CO)C(OC2OC(CO)C(O)C(O)C2O)C(O)C1O)C(O)/C=C/CCCCCCCCCCCCCCCCCCCCCC. The Morgan fingerprint density at radius 2 is 0.815 bits per heavy atom. The maximum absolute atomic E-state index is 13.3. The van der Waals surface area contributed by atoms with Crippen LogP contribution in [0.1, 0.15) is 277 Å². The predicted molar refractivity (Wildman–Crippen MR) is 327 cm³/mol. The van der Waals surface area contributed by atoms with Gasteiger partial charge in [0.2, 0.25) is 5.91 Å². The van der Waals surface area contributed by atoms with Gasteiger partial charge in [-0.15, -0.1) is 0 Å². The molecule has 2 saturated heterocycles. The van der Waals surface area contributed by atoms with Crippen LogP contribution in [0, 0.1) is 0 Å². The van der Waals surface area contributed by atoms with Gasteiger partial charge in [0.05, 0.1) is 32.0 Å². The summed E-state index contributed by atoms with van der Waals surface area (Å²) >= 11 is 0. The van der Waals surface area contributed by atoms with E-state index in [0.717, 1.165) is 57.8 Å². The second-order valence-electron chi connectivity index (χ2n) is 23.6. The molecule has 0 aliphatic carbocycles. The van der Waals surface area contributed by atoms with Crippen LogP contribution < -0.4 is 5.32 Å². The number of hydrogen-bond donors (Lipinski definition) is 9. The molecule has 0 spiro atoms. The fourth-order valence-electron chi connectivity index (χ4n) is 10.9. The minimum absolute atomic E-state index is 0.241. The van der Waals surface area contributed by atoms with Crippen molar-refractivity contribution in [3.05, 3.63) is 48.6 Å². The lowest BCUT2D eigenvalue weighted by Gasteiger charge is -2.46. The van der Waals surface area contributed by atoms with E-state index in [1.165, 1.54) is 193 Å². The van der Waals surface area contributed by atoms with E-state index in [4.69, 9.17) is 18.9 Å². The molecule has 0 aromatic carbocycles. The minimum atomic E-state index is -1.79. The van der Waals surface area contributed by atoms with E-state index in [2.05, 4.69) is 55.6 Å². The molecule has 2 fully saturated rings. The number of carbonyl (C=O) groups excluding carboxylic acids is 1. The van der Waals surface area contributed by atoms with Crippen LogP contribution in [0.4, 0.5) is 0 Å². The van der Waals surface area contributed by atoms with Crippen molar-refractivity contribution in [3.8, 4) is 0 Å². The van der Waals surface area contributed by atoms with Crippen molar-refractivity contribution in [1.82, 2.24) is 5.32 Å². The van der Waals surface area contributed by atoms with Crippen molar-refractivity contribution in [1.29, 1.82) is 0 Å². The van der Waals surface area contributed by atoms with Gasteiger partial charge in [-0.3, -0.25) is 4.79 Å². The molecule has 0 bridgehead atoms. The molecule has 0 radical (unpaired) electrons. The maximum Gasteiger partial charge on any atom is 0.220 e. The molecule has 1 amide bonds. The van der Waals surface area contributed by atoms with E-state index in [-0.39, 0.29) is 18.9 Å². The Balaban J connectivity index is 1.72. The van der Waals surface area contributed by atoms with E-state index < -0.39 is 86.8 Å². The number of hydrogen-bond acceptors (Lipinski definition) is 13. The summed E-state index contributed by atoms with van der Waals surface area (Å²) in [5, 5.41) is 87.3. The molecular weight excluding hydrogens is 1030 g/mol. The molecule has 474 valence electrons.